The lowest BCUT2D eigenvalue weighted by Gasteiger charge is -2.10. The first-order chi connectivity index (χ1) is 5.54. The second-order valence-corrected chi connectivity index (χ2v) is 3.24. The van der Waals surface area contributed by atoms with Gasteiger partial charge in [-0.25, -0.2) is 0 Å². The van der Waals surface area contributed by atoms with Gasteiger partial charge in [0, 0.05) is 6.54 Å². The molecule has 0 saturated heterocycles. The number of nitrogens with zero attached hydrogens (tertiary/aromatic N) is 1. The first-order valence-electron chi connectivity index (χ1n) is 4.22. The molecular formula is C8H21Cl2N3O. The molecule has 0 heterocycles. The number of nitrogens with one attached hydrogen (secondary N) is 1. The summed E-state index contributed by atoms with van der Waals surface area (Å²) >= 11 is 0. The van der Waals surface area contributed by atoms with Gasteiger partial charge < -0.3 is 16.0 Å². The zero-order valence-electron chi connectivity index (χ0n) is 8.95. The van der Waals surface area contributed by atoms with Crippen molar-refractivity contribution in [1.82, 2.24) is 10.2 Å². The molecule has 3 N–H and O–H groups in total. The highest BCUT2D eigenvalue weighted by molar-refractivity contribution is 5.85. The third-order valence-corrected chi connectivity index (χ3v) is 1.49. The van der Waals surface area contributed by atoms with Gasteiger partial charge in [-0.1, -0.05) is 0 Å². The SMILES string of the molecule is CC(N)C(=O)NCCCN(C)C.Cl.Cl. The van der Waals surface area contributed by atoms with E-state index in [2.05, 4.69) is 10.2 Å². The van der Waals surface area contributed by atoms with Crippen LogP contribution in [0.1, 0.15) is 13.3 Å². The van der Waals surface area contributed by atoms with Crippen LogP contribution in [-0.4, -0.2) is 44.0 Å². The number of rotatable bonds is 5. The van der Waals surface area contributed by atoms with Crippen LogP contribution in [0.2, 0.25) is 0 Å². The van der Waals surface area contributed by atoms with Gasteiger partial charge in [0.15, 0.2) is 0 Å². The molecule has 1 unspecified atom stereocenters. The van der Waals surface area contributed by atoms with Crippen molar-refractivity contribution < 1.29 is 4.79 Å². The molecule has 1 amide bonds. The molecule has 88 valence electrons. The minimum absolute atomic E-state index is 0. The maximum Gasteiger partial charge on any atom is 0.236 e. The molecule has 0 aliphatic carbocycles. The molecule has 0 aliphatic heterocycles. The van der Waals surface area contributed by atoms with Crippen LogP contribution in [-0.2, 0) is 4.79 Å². The van der Waals surface area contributed by atoms with Crippen LogP contribution in [0.25, 0.3) is 0 Å². The molecule has 6 heteroatoms. The maximum atomic E-state index is 10.9. The minimum atomic E-state index is -0.399. The van der Waals surface area contributed by atoms with E-state index in [1.807, 2.05) is 14.1 Å². The largest absolute Gasteiger partial charge is 0.355 e. The van der Waals surface area contributed by atoms with Crippen LogP contribution >= 0.6 is 24.8 Å². The zero-order valence-corrected chi connectivity index (χ0v) is 10.6. The van der Waals surface area contributed by atoms with Crippen LogP contribution < -0.4 is 11.1 Å². The average Bonchev–Trinajstić information content (AvgIpc) is 1.97. The fourth-order valence-corrected chi connectivity index (χ4v) is 0.768. The van der Waals surface area contributed by atoms with E-state index >= 15 is 0 Å². The lowest BCUT2D eigenvalue weighted by atomic mass is 10.3. The second-order valence-electron chi connectivity index (χ2n) is 3.24. The standard InChI is InChI=1S/C8H19N3O.2ClH/c1-7(9)8(12)10-5-4-6-11(2)3;;/h7H,4-6,9H2,1-3H3,(H,10,12);2*1H. The molecule has 0 radical (unpaired) electrons. The summed E-state index contributed by atoms with van der Waals surface area (Å²) in [7, 11) is 4.01. The van der Waals surface area contributed by atoms with Gasteiger partial charge in [0.25, 0.3) is 0 Å². The Bertz CT molecular complexity index is 143. The van der Waals surface area contributed by atoms with Crippen molar-refractivity contribution in [1.29, 1.82) is 0 Å². The van der Waals surface area contributed by atoms with Crippen molar-refractivity contribution in [2.75, 3.05) is 27.2 Å². The quantitative estimate of drug-likeness (QED) is 0.683. The Labute approximate surface area is 98.4 Å². The van der Waals surface area contributed by atoms with Crippen molar-refractivity contribution in [3.63, 3.8) is 0 Å². The molecule has 0 spiro atoms. The molecule has 0 aromatic carbocycles. The Kier molecular flexibility index (Phi) is 15.4. The van der Waals surface area contributed by atoms with E-state index in [0.717, 1.165) is 13.0 Å². The third-order valence-electron chi connectivity index (χ3n) is 1.49. The van der Waals surface area contributed by atoms with Crippen molar-refractivity contribution >= 4 is 30.7 Å². The molecular weight excluding hydrogens is 225 g/mol. The van der Waals surface area contributed by atoms with E-state index < -0.39 is 6.04 Å². The summed E-state index contributed by atoms with van der Waals surface area (Å²) in [6, 6.07) is -0.399. The number of nitrogens with two attached hydrogens (primary N) is 1. The molecule has 0 aromatic rings. The monoisotopic (exact) mass is 245 g/mol. The maximum absolute atomic E-state index is 10.9. The topological polar surface area (TPSA) is 58.4 Å². The van der Waals surface area contributed by atoms with Crippen LogP contribution in [0.4, 0.5) is 0 Å². The number of carbonyl (C=O) groups excluding carboxylic acids is 1. The van der Waals surface area contributed by atoms with Crippen LogP contribution in [0.5, 0.6) is 0 Å². The van der Waals surface area contributed by atoms with Crippen molar-refractivity contribution in [3.8, 4) is 0 Å². The smallest absolute Gasteiger partial charge is 0.236 e. The third kappa shape index (κ3) is 12.0. The van der Waals surface area contributed by atoms with Gasteiger partial charge in [-0.05, 0) is 34.0 Å². The van der Waals surface area contributed by atoms with Crippen molar-refractivity contribution in [2.45, 2.75) is 19.4 Å². The van der Waals surface area contributed by atoms with Gasteiger partial charge in [0.05, 0.1) is 6.04 Å². The van der Waals surface area contributed by atoms with Gasteiger partial charge >= 0.3 is 0 Å². The average molecular weight is 246 g/mol. The Balaban J connectivity index is -0.000000605. The van der Waals surface area contributed by atoms with Crippen molar-refractivity contribution in [2.24, 2.45) is 5.73 Å². The van der Waals surface area contributed by atoms with Gasteiger partial charge in [-0.2, -0.15) is 0 Å². The summed E-state index contributed by atoms with van der Waals surface area (Å²) in [5.74, 6) is -0.0752. The molecule has 4 nitrogen and oxygen atoms in total. The van der Waals surface area contributed by atoms with Gasteiger partial charge in [-0.15, -0.1) is 24.8 Å². The normalized spacial score (nSPS) is 11.2. The highest BCUT2D eigenvalue weighted by atomic mass is 35.5. The van der Waals surface area contributed by atoms with Crippen LogP contribution in [0, 0.1) is 0 Å². The predicted molar refractivity (Wildman–Crippen MR) is 64.3 cm³/mol. The molecule has 0 aliphatic rings. The summed E-state index contributed by atoms with van der Waals surface area (Å²) in [5.41, 5.74) is 5.36. The molecule has 0 rings (SSSR count). The van der Waals surface area contributed by atoms with E-state index in [1.54, 1.807) is 6.92 Å². The van der Waals surface area contributed by atoms with E-state index in [-0.39, 0.29) is 30.7 Å². The summed E-state index contributed by atoms with van der Waals surface area (Å²) in [6.07, 6.45) is 0.964. The fraction of sp³-hybridized carbons (Fsp3) is 0.875. The molecule has 0 aromatic heterocycles. The van der Waals surface area contributed by atoms with Crippen LogP contribution in [0.15, 0.2) is 0 Å². The Hall–Kier alpha value is -0.0300. The number of halogens is 2. The molecule has 14 heavy (non-hydrogen) atoms. The fourth-order valence-electron chi connectivity index (χ4n) is 0.768. The van der Waals surface area contributed by atoms with E-state index in [1.165, 1.54) is 0 Å². The lowest BCUT2D eigenvalue weighted by molar-refractivity contribution is -0.121. The van der Waals surface area contributed by atoms with Gasteiger partial charge in [0.1, 0.15) is 0 Å². The molecule has 0 bridgehead atoms. The molecule has 1 atom stereocenters. The molecule has 0 saturated carbocycles. The Morgan fingerprint density at radius 3 is 2.29 bits per heavy atom. The number of amides is 1. The summed E-state index contributed by atoms with van der Waals surface area (Å²) < 4.78 is 0. The number of hydrogen-bond donors (Lipinski definition) is 2. The zero-order chi connectivity index (χ0) is 9.56. The van der Waals surface area contributed by atoms with E-state index in [4.69, 9.17) is 5.73 Å². The van der Waals surface area contributed by atoms with Gasteiger partial charge in [-0.3, -0.25) is 4.79 Å². The highest BCUT2D eigenvalue weighted by Crippen LogP contribution is 1.81. The number of hydrogen-bond acceptors (Lipinski definition) is 3. The first-order valence-corrected chi connectivity index (χ1v) is 4.22. The Morgan fingerprint density at radius 2 is 1.93 bits per heavy atom. The Morgan fingerprint density at radius 1 is 1.43 bits per heavy atom. The molecule has 0 fully saturated rings. The van der Waals surface area contributed by atoms with Gasteiger partial charge in [0.2, 0.25) is 5.91 Å². The predicted octanol–water partition coefficient (Wildman–Crippen LogP) is 0.245. The summed E-state index contributed by atoms with van der Waals surface area (Å²) in [6.45, 7) is 3.37. The van der Waals surface area contributed by atoms with Crippen molar-refractivity contribution in [3.05, 3.63) is 0 Å². The first kappa shape index (κ1) is 19.5. The lowest BCUT2D eigenvalue weighted by Crippen LogP contribution is -2.39. The van der Waals surface area contributed by atoms with Crippen LogP contribution in [0.3, 0.4) is 0 Å². The van der Waals surface area contributed by atoms with E-state index in [9.17, 15) is 4.79 Å². The minimum Gasteiger partial charge on any atom is -0.355 e. The summed E-state index contributed by atoms with van der Waals surface area (Å²) in [4.78, 5) is 13.0. The number of carbonyl (C=O) groups is 1. The second kappa shape index (κ2) is 11.0. The van der Waals surface area contributed by atoms with E-state index in [0.29, 0.717) is 6.54 Å². The summed E-state index contributed by atoms with van der Waals surface area (Å²) in [5, 5.41) is 2.75. The highest BCUT2D eigenvalue weighted by Gasteiger charge is 2.04.